The Kier molecular flexibility index (Phi) is 4.60. The van der Waals surface area contributed by atoms with Crippen LogP contribution in [0.2, 0.25) is 0 Å². The number of aromatic nitrogens is 2. The fourth-order valence-electron chi connectivity index (χ4n) is 4.12. The molecule has 0 radical (unpaired) electrons. The van der Waals surface area contributed by atoms with Gasteiger partial charge in [0.05, 0.1) is 11.4 Å². The van der Waals surface area contributed by atoms with Gasteiger partial charge in [0, 0.05) is 42.7 Å². The zero-order chi connectivity index (χ0) is 21.8. The molecule has 1 saturated carbocycles. The van der Waals surface area contributed by atoms with Gasteiger partial charge in [0.1, 0.15) is 5.54 Å². The number of nitrogens with zero attached hydrogens (tertiary/aromatic N) is 3. The maximum absolute atomic E-state index is 13.0. The van der Waals surface area contributed by atoms with E-state index in [1.54, 1.807) is 6.20 Å². The van der Waals surface area contributed by atoms with Gasteiger partial charge in [-0.1, -0.05) is 0 Å². The van der Waals surface area contributed by atoms with Crippen LogP contribution in [-0.2, 0) is 27.8 Å². The van der Waals surface area contributed by atoms with E-state index in [9.17, 15) is 18.0 Å². The number of pyridine rings is 2. The molecule has 4 heterocycles. The molecule has 1 aliphatic carbocycles. The van der Waals surface area contributed by atoms with Crippen molar-refractivity contribution in [3.05, 3.63) is 47.4 Å². The molecule has 0 unspecified atom stereocenters. The van der Waals surface area contributed by atoms with Gasteiger partial charge in [0.2, 0.25) is 10.0 Å². The van der Waals surface area contributed by atoms with Crippen LogP contribution in [-0.4, -0.2) is 52.5 Å². The van der Waals surface area contributed by atoms with Crippen LogP contribution in [0.4, 0.5) is 4.79 Å². The minimum absolute atomic E-state index is 0.190. The quantitative estimate of drug-likeness (QED) is 0.675. The normalized spacial score (nSPS) is 23.9. The number of rotatable bonds is 5. The Morgan fingerprint density at radius 2 is 1.97 bits per heavy atom. The van der Waals surface area contributed by atoms with Crippen molar-refractivity contribution in [3.8, 4) is 11.3 Å². The third-order valence-corrected chi connectivity index (χ3v) is 8.16. The summed E-state index contributed by atoms with van der Waals surface area (Å²) in [6.07, 6.45) is 6.53. The second-order valence-electron chi connectivity index (χ2n) is 8.66. The molecule has 2 N–H and O–H groups in total. The molecule has 3 amide bonds. The van der Waals surface area contributed by atoms with Gasteiger partial charge < -0.3 is 5.32 Å². The molecule has 2 fully saturated rings. The number of fused-ring (bicyclic) bond motifs is 1. The van der Waals surface area contributed by atoms with Gasteiger partial charge in [-0.15, -0.1) is 0 Å². The monoisotopic (exact) mass is 441 g/mol. The Hall–Kier alpha value is -2.85. The first-order valence-electron chi connectivity index (χ1n) is 10.3. The van der Waals surface area contributed by atoms with Crippen LogP contribution >= 0.6 is 0 Å². The Labute approximate surface area is 180 Å². The third kappa shape index (κ3) is 3.81. The average molecular weight is 442 g/mol. The first-order chi connectivity index (χ1) is 14.7. The van der Waals surface area contributed by atoms with Crippen molar-refractivity contribution in [2.24, 2.45) is 0 Å². The van der Waals surface area contributed by atoms with Crippen LogP contribution in [0.5, 0.6) is 0 Å². The molecule has 162 valence electrons. The Morgan fingerprint density at radius 3 is 2.61 bits per heavy atom. The molecule has 9 nitrogen and oxygen atoms in total. The summed E-state index contributed by atoms with van der Waals surface area (Å²) in [5, 5.41) is 4.51. The summed E-state index contributed by atoms with van der Waals surface area (Å²) in [5.74, 6) is -0.521. The maximum atomic E-state index is 13.0. The van der Waals surface area contributed by atoms with E-state index < -0.39 is 33.3 Å². The molecule has 0 bridgehead atoms. The fraction of sp³-hybridized carbons (Fsp3) is 0.429. The Balaban J connectivity index is 1.32. The molecular weight excluding hydrogens is 418 g/mol. The lowest BCUT2D eigenvalue weighted by molar-refractivity contribution is -0.122. The molecular formula is C21H23N5O4S. The highest BCUT2D eigenvalue weighted by atomic mass is 32.2. The number of urea groups is 1. The first kappa shape index (κ1) is 20.1. The lowest BCUT2D eigenvalue weighted by atomic mass is 10.0. The summed E-state index contributed by atoms with van der Waals surface area (Å²) in [5.41, 5.74) is 3.31. The number of carbonyl (C=O) groups is 2. The van der Waals surface area contributed by atoms with Gasteiger partial charge in [0.25, 0.3) is 5.91 Å². The zero-order valence-corrected chi connectivity index (χ0v) is 17.9. The van der Waals surface area contributed by atoms with Crippen LogP contribution in [0.15, 0.2) is 30.6 Å². The number of imide groups is 1. The summed E-state index contributed by atoms with van der Waals surface area (Å²) >= 11 is 0. The highest BCUT2D eigenvalue weighted by Crippen LogP contribution is 2.39. The second-order valence-corrected chi connectivity index (χ2v) is 10.6. The molecule has 31 heavy (non-hydrogen) atoms. The van der Waals surface area contributed by atoms with E-state index in [1.807, 2.05) is 18.3 Å². The highest BCUT2D eigenvalue weighted by molar-refractivity contribution is 7.89. The molecule has 5 rings (SSSR count). The topological polar surface area (TPSA) is 121 Å². The van der Waals surface area contributed by atoms with Gasteiger partial charge in [-0.25, -0.2) is 13.2 Å². The van der Waals surface area contributed by atoms with Gasteiger partial charge >= 0.3 is 6.03 Å². The summed E-state index contributed by atoms with van der Waals surface area (Å²) in [6.45, 7) is 1.91. The van der Waals surface area contributed by atoms with E-state index in [4.69, 9.17) is 0 Å². The lowest BCUT2D eigenvalue weighted by Gasteiger charge is -2.31. The number of amides is 3. The van der Waals surface area contributed by atoms with Gasteiger partial charge in [-0.3, -0.25) is 20.1 Å². The van der Waals surface area contributed by atoms with E-state index in [1.165, 1.54) is 24.1 Å². The van der Waals surface area contributed by atoms with Crippen LogP contribution < -0.4 is 10.6 Å². The number of hydrogen-bond donors (Lipinski definition) is 2. The molecule has 2 aliphatic heterocycles. The van der Waals surface area contributed by atoms with E-state index in [2.05, 4.69) is 26.7 Å². The smallest absolute Gasteiger partial charge is 0.322 e. The van der Waals surface area contributed by atoms with E-state index in [0.29, 0.717) is 18.9 Å². The molecule has 1 saturated heterocycles. The minimum atomic E-state index is -3.77. The van der Waals surface area contributed by atoms with Crippen LogP contribution in [0, 0.1) is 0 Å². The van der Waals surface area contributed by atoms with Gasteiger partial charge in [0.15, 0.2) is 0 Å². The standard InChI is InChI=1S/C21H23N5O4S/c1-21(19(27)24-20(28)25-21)12-31(29,30)26-7-6-14-8-18(23-10-16(14)11-26)15-4-5-17(22-9-15)13-2-3-13/h4-5,8-10,13H,2-3,6-7,11-12H2,1H3,(H2,24,25,27,28)/t21-/m1/s1. The Morgan fingerprint density at radius 1 is 1.16 bits per heavy atom. The van der Waals surface area contributed by atoms with Crippen molar-refractivity contribution in [3.63, 3.8) is 0 Å². The summed E-state index contributed by atoms with van der Waals surface area (Å²) in [4.78, 5) is 32.5. The van der Waals surface area contributed by atoms with Crippen LogP contribution in [0.25, 0.3) is 11.3 Å². The number of nitrogens with one attached hydrogen (secondary N) is 2. The van der Waals surface area contributed by atoms with Crippen LogP contribution in [0.3, 0.4) is 0 Å². The lowest BCUT2D eigenvalue weighted by Crippen LogP contribution is -2.53. The number of sulfonamides is 1. The predicted octanol–water partition coefficient (Wildman–Crippen LogP) is 1.31. The van der Waals surface area contributed by atoms with Gasteiger partial charge in [-0.2, -0.15) is 4.31 Å². The minimum Gasteiger partial charge on any atom is -0.322 e. The second kappa shape index (κ2) is 7.10. The van der Waals surface area contributed by atoms with Crippen molar-refractivity contribution >= 4 is 22.0 Å². The summed E-state index contributed by atoms with van der Waals surface area (Å²) in [6, 6.07) is 5.42. The van der Waals surface area contributed by atoms with Crippen molar-refractivity contribution in [1.82, 2.24) is 24.9 Å². The predicted molar refractivity (Wildman–Crippen MR) is 112 cm³/mol. The average Bonchev–Trinajstić information content (AvgIpc) is 3.54. The summed E-state index contributed by atoms with van der Waals surface area (Å²) < 4.78 is 27.3. The van der Waals surface area contributed by atoms with Gasteiger partial charge in [-0.05, 0) is 55.5 Å². The first-order valence-corrected chi connectivity index (χ1v) is 11.9. The Bertz CT molecular complexity index is 1180. The molecule has 0 spiro atoms. The van der Waals surface area contributed by atoms with Crippen molar-refractivity contribution < 1.29 is 18.0 Å². The van der Waals surface area contributed by atoms with Crippen molar-refractivity contribution in [1.29, 1.82) is 0 Å². The SMILES string of the molecule is C[C@]1(CS(=O)(=O)N2CCc3cc(-c4ccc(C5CC5)nc4)ncc3C2)NC(=O)NC1=O. The number of carbonyl (C=O) groups excluding carboxylic acids is 2. The van der Waals surface area contributed by atoms with Crippen LogP contribution in [0.1, 0.15) is 42.5 Å². The molecule has 1 atom stereocenters. The van der Waals surface area contributed by atoms with E-state index in [0.717, 1.165) is 28.1 Å². The molecule has 0 aromatic carbocycles. The molecule has 2 aromatic rings. The van der Waals surface area contributed by atoms with Crippen molar-refractivity contribution in [2.45, 2.75) is 44.2 Å². The molecule has 2 aromatic heterocycles. The molecule has 10 heteroatoms. The third-order valence-electron chi connectivity index (χ3n) is 6.12. The number of hydrogen-bond acceptors (Lipinski definition) is 6. The largest absolute Gasteiger partial charge is 0.322 e. The molecule has 3 aliphatic rings. The van der Waals surface area contributed by atoms with E-state index in [-0.39, 0.29) is 6.54 Å². The fourth-order valence-corrected chi connectivity index (χ4v) is 5.95. The highest BCUT2D eigenvalue weighted by Gasteiger charge is 2.46. The summed E-state index contributed by atoms with van der Waals surface area (Å²) in [7, 11) is -3.77. The van der Waals surface area contributed by atoms with Crippen molar-refractivity contribution in [2.75, 3.05) is 12.3 Å². The van der Waals surface area contributed by atoms with E-state index >= 15 is 0 Å². The maximum Gasteiger partial charge on any atom is 0.322 e. The zero-order valence-electron chi connectivity index (χ0n) is 17.1.